The van der Waals surface area contributed by atoms with Crippen LogP contribution in [0.2, 0.25) is 0 Å². The average Bonchev–Trinajstić information content (AvgIpc) is 2.72. The molecule has 0 heterocycles. The van der Waals surface area contributed by atoms with Gasteiger partial charge in [-0.1, -0.05) is 67.6 Å². The van der Waals surface area contributed by atoms with Crippen molar-refractivity contribution >= 4 is 5.97 Å². The second-order valence-corrected chi connectivity index (χ2v) is 7.19. The predicted molar refractivity (Wildman–Crippen MR) is 108 cm³/mol. The van der Waals surface area contributed by atoms with Crippen LogP contribution in [0.15, 0.2) is 60.7 Å². The number of nitrogens with one attached hydrogen (secondary N) is 1. The van der Waals surface area contributed by atoms with E-state index in [1.807, 2.05) is 43.3 Å². The number of aliphatic hydroxyl groups is 1. The number of carbonyl (C=O) groups excluding carboxylic acids is 1. The third-order valence-corrected chi connectivity index (χ3v) is 5.38. The SMILES string of the molecule is CC[NH+](CC)C[C@H](C)[C@H](C)OC(=O)C(O)(c1ccccc1)c1ccccc1. The average molecular weight is 371 g/mol. The van der Waals surface area contributed by atoms with Gasteiger partial charge in [0.05, 0.1) is 19.6 Å². The van der Waals surface area contributed by atoms with Gasteiger partial charge in [0.15, 0.2) is 0 Å². The van der Waals surface area contributed by atoms with Crippen molar-refractivity contribution in [2.24, 2.45) is 5.92 Å². The van der Waals surface area contributed by atoms with Crippen LogP contribution < -0.4 is 4.90 Å². The van der Waals surface area contributed by atoms with Crippen LogP contribution >= 0.6 is 0 Å². The lowest BCUT2D eigenvalue weighted by Crippen LogP contribution is -3.12. The minimum Gasteiger partial charge on any atom is -0.459 e. The lowest BCUT2D eigenvalue weighted by atomic mass is 9.86. The van der Waals surface area contributed by atoms with E-state index < -0.39 is 11.6 Å². The highest BCUT2D eigenvalue weighted by atomic mass is 16.6. The van der Waals surface area contributed by atoms with Crippen LogP contribution in [-0.4, -0.2) is 36.8 Å². The van der Waals surface area contributed by atoms with Crippen LogP contribution in [0.25, 0.3) is 0 Å². The normalized spacial score (nSPS) is 14.0. The highest BCUT2D eigenvalue weighted by molar-refractivity contribution is 5.85. The highest BCUT2D eigenvalue weighted by Gasteiger charge is 2.42. The van der Waals surface area contributed by atoms with Gasteiger partial charge in [-0.25, -0.2) is 4.79 Å². The molecule has 0 radical (unpaired) electrons. The van der Waals surface area contributed by atoms with Crippen molar-refractivity contribution in [2.45, 2.75) is 39.4 Å². The first-order chi connectivity index (χ1) is 12.9. The third kappa shape index (κ3) is 4.96. The molecule has 4 nitrogen and oxygen atoms in total. The molecule has 146 valence electrons. The Hall–Kier alpha value is -2.17. The van der Waals surface area contributed by atoms with Crippen LogP contribution in [0.1, 0.15) is 38.8 Å². The van der Waals surface area contributed by atoms with E-state index in [0.29, 0.717) is 11.1 Å². The van der Waals surface area contributed by atoms with Gasteiger partial charge in [0, 0.05) is 5.92 Å². The van der Waals surface area contributed by atoms with Crippen LogP contribution in [0, 0.1) is 5.92 Å². The minimum atomic E-state index is -1.82. The quantitative estimate of drug-likeness (QED) is 0.667. The molecule has 2 aromatic carbocycles. The molecule has 0 unspecified atom stereocenters. The highest BCUT2D eigenvalue weighted by Crippen LogP contribution is 2.31. The minimum absolute atomic E-state index is 0.194. The van der Waals surface area contributed by atoms with Gasteiger partial charge in [0.2, 0.25) is 5.60 Å². The fourth-order valence-corrected chi connectivity index (χ4v) is 3.29. The topological polar surface area (TPSA) is 51.0 Å². The van der Waals surface area contributed by atoms with Gasteiger partial charge in [-0.05, 0) is 31.9 Å². The molecule has 2 rings (SSSR count). The maximum Gasteiger partial charge on any atom is 0.347 e. The van der Waals surface area contributed by atoms with Crippen molar-refractivity contribution in [3.05, 3.63) is 71.8 Å². The summed E-state index contributed by atoms with van der Waals surface area (Å²) in [6.07, 6.45) is -0.287. The zero-order valence-corrected chi connectivity index (χ0v) is 16.8. The second kappa shape index (κ2) is 9.67. The Kier molecular flexibility index (Phi) is 7.57. The summed E-state index contributed by atoms with van der Waals surface area (Å²) in [7, 11) is 0. The summed E-state index contributed by atoms with van der Waals surface area (Å²) in [5.74, 6) is -0.437. The van der Waals surface area contributed by atoms with Gasteiger partial charge in [-0.2, -0.15) is 0 Å². The molecule has 0 bridgehead atoms. The maximum absolute atomic E-state index is 13.1. The van der Waals surface area contributed by atoms with Gasteiger partial charge in [-0.3, -0.25) is 0 Å². The van der Waals surface area contributed by atoms with E-state index in [2.05, 4.69) is 20.8 Å². The fraction of sp³-hybridized carbons (Fsp3) is 0.435. The largest absolute Gasteiger partial charge is 0.459 e. The molecule has 2 aromatic rings. The summed E-state index contributed by atoms with van der Waals surface area (Å²) in [6.45, 7) is 11.3. The number of carbonyl (C=O) groups is 1. The van der Waals surface area contributed by atoms with Gasteiger partial charge < -0.3 is 14.7 Å². The third-order valence-electron chi connectivity index (χ3n) is 5.38. The molecule has 2 atom stereocenters. The van der Waals surface area contributed by atoms with Gasteiger partial charge in [0.1, 0.15) is 6.10 Å². The van der Waals surface area contributed by atoms with Crippen LogP contribution in [0.5, 0.6) is 0 Å². The molecule has 27 heavy (non-hydrogen) atoms. The summed E-state index contributed by atoms with van der Waals surface area (Å²) in [4.78, 5) is 14.6. The zero-order chi connectivity index (χ0) is 19.9. The first-order valence-corrected chi connectivity index (χ1v) is 9.81. The lowest BCUT2D eigenvalue weighted by molar-refractivity contribution is -0.900. The van der Waals surface area contributed by atoms with E-state index in [9.17, 15) is 9.90 Å². The Labute approximate surface area is 162 Å². The summed E-state index contributed by atoms with van der Waals surface area (Å²) < 4.78 is 5.77. The molecule has 0 saturated carbocycles. The number of hydrogen-bond donors (Lipinski definition) is 2. The number of benzene rings is 2. The van der Waals surface area contributed by atoms with Gasteiger partial charge >= 0.3 is 5.97 Å². The van der Waals surface area contributed by atoms with E-state index in [-0.39, 0.29) is 12.0 Å². The maximum atomic E-state index is 13.1. The Balaban J connectivity index is 2.25. The molecule has 0 aliphatic heterocycles. The Morgan fingerprint density at radius 1 is 0.963 bits per heavy atom. The molecule has 0 saturated heterocycles. The fourth-order valence-electron chi connectivity index (χ4n) is 3.29. The second-order valence-electron chi connectivity index (χ2n) is 7.19. The zero-order valence-electron chi connectivity index (χ0n) is 16.8. The molecule has 0 amide bonds. The Bertz CT molecular complexity index is 659. The molecule has 0 fully saturated rings. The van der Waals surface area contributed by atoms with E-state index in [1.165, 1.54) is 4.90 Å². The predicted octanol–water partition coefficient (Wildman–Crippen LogP) is 2.42. The molecule has 0 aromatic heterocycles. The first kappa shape index (κ1) is 21.1. The van der Waals surface area contributed by atoms with Gasteiger partial charge in [0.25, 0.3) is 0 Å². The Morgan fingerprint density at radius 3 is 1.81 bits per heavy atom. The Morgan fingerprint density at radius 2 is 1.41 bits per heavy atom. The van der Waals surface area contributed by atoms with E-state index in [1.54, 1.807) is 24.3 Å². The van der Waals surface area contributed by atoms with Crippen LogP contribution in [0.4, 0.5) is 0 Å². The van der Waals surface area contributed by atoms with E-state index in [0.717, 1.165) is 19.6 Å². The molecular weight excluding hydrogens is 338 g/mol. The van der Waals surface area contributed by atoms with Crippen molar-refractivity contribution < 1.29 is 19.5 Å². The van der Waals surface area contributed by atoms with Crippen LogP contribution in [0.3, 0.4) is 0 Å². The number of esters is 1. The van der Waals surface area contributed by atoms with E-state index in [4.69, 9.17) is 4.74 Å². The van der Waals surface area contributed by atoms with Crippen molar-refractivity contribution in [3.63, 3.8) is 0 Å². The number of rotatable bonds is 9. The lowest BCUT2D eigenvalue weighted by Gasteiger charge is -2.31. The number of quaternary nitrogens is 1. The summed E-state index contributed by atoms with van der Waals surface area (Å²) >= 11 is 0. The van der Waals surface area contributed by atoms with Crippen molar-refractivity contribution in [1.29, 1.82) is 0 Å². The molecule has 2 N–H and O–H groups in total. The standard InChI is InChI=1S/C23H31NO3/c1-5-24(6-2)17-18(3)19(4)27-22(25)23(26,20-13-9-7-10-14-20)21-15-11-8-12-16-21/h7-16,18-19,26H,5-6,17H2,1-4H3/p+1/t18-,19-/m0/s1. The molecule has 0 aliphatic carbocycles. The number of ether oxygens (including phenoxy) is 1. The molecule has 0 aliphatic rings. The van der Waals surface area contributed by atoms with Gasteiger partial charge in [-0.15, -0.1) is 0 Å². The summed E-state index contributed by atoms with van der Waals surface area (Å²) in [5, 5.41) is 11.4. The smallest absolute Gasteiger partial charge is 0.347 e. The van der Waals surface area contributed by atoms with Crippen molar-refractivity contribution in [2.75, 3.05) is 19.6 Å². The van der Waals surface area contributed by atoms with Crippen molar-refractivity contribution in [3.8, 4) is 0 Å². The van der Waals surface area contributed by atoms with Crippen molar-refractivity contribution in [1.82, 2.24) is 0 Å². The molecule has 0 spiro atoms. The first-order valence-electron chi connectivity index (χ1n) is 9.81. The van der Waals surface area contributed by atoms with Crippen LogP contribution in [-0.2, 0) is 15.1 Å². The summed E-state index contributed by atoms with van der Waals surface area (Å²) in [6, 6.07) is 18.0. The summed E-state index contributed by atoms with van der Waals surface area (Å²) in [5.41, 5.74) is -0.802. The van der Waals surface area contributed by atoms with E-state index >= 15 is 0 Å². The number of hydrogen-bond acceptors (Lipinski definition) is 3. The monoisotopic (exact) mass is 370 g/mol. The molecule has 4 heteroatoms. The molecular formula is C23H32NO3+.